The summed E-state index contributed by atoms with van der Waals surface area (Å²) in [6.45, 7) is 12.8. The number of ether oxygens (including phenoxy) is 2. The largest absolute Gasteiger partial charge is 0.783 e. The van der Waals surface area contributed by atoms with Gasteiger partial charge in [-0.15, -0.1) is 22.7 Å². The lowest BCUT2D eigenvalue weighted by Crippen LogP contribution is -2.50. The lowest BCUT2D eigenvalue weighted by molar-refractivity contribution is -0.130. The summed E-state index contributed by atoms with van der Waals surface area (Å²) in [4.78, 5) is 38.9. The van der Waals surface area contributed by atoms with Crippen LogP contribution in [0.3, 0.4) is 0 Å². The van der Waals surface area contributed by atoms with Gasteiger partial charge in [0, 0.05) is 45.9 Å². The van der Waals surface area contributed by atoms with Crippen molar-refractivity contribution in [3.8, 4) is 20.3 Å². The van der Waals surface area contributed by atoms with E-state index < -0.39 is 24.3 Å². The number of nitrogens with one attached hydrogen (secondary N) is 3. The molecule has 0 bridgehead atoms. The first-order chi connectivity index (χ1) is 28.3. The molecule has 0 radical (unpaired) electrons. The number of nitrogens with zero attached hydrogens (tertiary/aromatic N) is 3. The summed E-state index contributed by atoms with van der Waals surface area (Å²) >= 11 is 3.52. The fourth-order valence-corrected chi connectivity index (χ4v) is 11.0. The van der Waals surface area contributed by atoms with Crippen LogP contribution < -0.4 is 10.6 Å². The molecule has 4 heterocycles. The van der Waals surface area contributed by atoms with E-state index in [0.29, 0.717) is 30.4 Å². The minimum Gasteiger partial charge on any atom is -0.783 e. The molecule has 4 aromatic rings. The fourth-order valence-electron chi connectivity index (χ4n) is 8.89. The number of H-pyrrole nitrogens is 1. The highest BCUT2D eigenvalue weighted by molar-refractivity contribution is 7.27. The predicted molar refractivity (Wildman–Crippen MR) is 240 cm³/mol. The molecule has 59 heavy (non-hydrogen) atoms. The molecule has 14 heteroatoms. The van der Waals surface area contributed by atoms with E-state index >= 15 is 0 Å². The van der Waals surface area contributed by atoms with Gasteiger partial charge in [-0.1, -0.05) is 53.5 Å². The van der Waals surface area contributed by atoms with Gasteiger partial charge in [-0.25, -0.2) is 9.78 Å². The average molecular weight is 848 g/mol. The van der Waals surface area contributed by atoms with Crippen LogP contribution in [-0.4, -0.2) is 88.8 Å². The van der Waals surface area contributed by atoms with Crippen LogP contribution in [0.1, 0.15) is 97.9 Å². The van der Waals surface area contributed by atoms with Crippen molar-refractivity contribution in [3.63, 3.8) is 0 Å². The van der Waals surface area contributed by atoms with Gasteiger partial charge < -0.3 is 45.4 Å². The summed E-state index contributed by atoms with van der Waals surface area (Å²) in [5.41, 5.74) is 4.13. The van der Waals surface area contributed by atoms with Gasteiger partial charge in [0.1, 0.15) is 6.04 Å². The molecule has 1 aliphatic heterocycles. The second-order valence-electron chi connectivity index (χ2n) is 17.0. The van der Waals surface area contributed by atoms with Crippen LogP contribution in [0.4, 0.5) is 10.5 Å². The number of hydrogen-bond donors (Lipinski definition) is 4. The zero-order valence-electron chi connectivity index (χ0n) is 35.9. The van der Waals surface area contributed by atoms with Crippen molar-refractivity contribution < 1.29 is 24.2 Å². The number of fused-ring (bicyclic) bond motifs is 1. The molecule has 4 N–H and O–H groups in total. The number of aromatic amines is 1. The highest BCUT2D eigenvalue weighted by Gasteiger charge is 2.35. The third-order valence-corrected chi connectivity index (χ3v) is 14.5. The number of anilines is 1. The number of amides is 2. The van der Waals surface area contributed by atoms with Crippen LogP contribution >= 0.6 is 22.7 Å². The topological polar surface area (TPSA) is 155 Å². The minimum absolute atomic E-state index is 0.0306. The van der Waals surface area contributed by atoms with Crippen molar-refractivity contribution in [2.75, 3.05) is 32.8 Å². The number of hydrogen-bond acceptors (Lipinski definition) is 11. The monoisotopic (exact) mass is 847 g/mol. The summed E-state index contributed by atoms with van der Waals surface area (Å²) in [6.07, 6.45) is 10.3. The first-order valence-electron chi connectivity index (χ1n) is 21.3. The van der Waals surface area contributed by atoms with Gasteiger partial charge >= 0.3 is 6.09 Å². The number of carbonyl (C=O) groups excluding carboxylic acids is 2. The van der Waals surface area contributed by atoms with E-state index in [9.17, 15) is 19.9 Å². The Bertz CT molecular complexity index is 2060. The molecule has 2 aliphatic rings. The van der Waals surface area contributed by atoms with Crippen molar-refractivity contribution >= 4 is 56.1 Å². The molecule has 5 unspecified atom stereocenters. The molecule has 1 saturated carbocycles. The molecule has 322 valence electrons. The van der Waals surface area contributed by atoms with Gasteiger partial charge in [-0.3, -0.25) is 4.79 Å². The number of methoxy groups -OCH3 is 2. The second kappa shape index (κ2) is 20.2. The third-order valence-electron chi connectivity index (χ3n) is 12.1. The maximum atomic E-state index is 13.6. The van der Waals surface area contributed by atoms with Crippen molar-refractivity contribution in [3.05, 3.63) is 59.2 Å². The first-order valence-corrected chi connectivity index (χ1v) is 22.9. The minimum atomic E-state index is -0.716. The Hall–Kier alpha value is -3.79. The van der Waals surface area contributed by atoms with Gasteiger partial charge in [0.25, 0.3) is 0 Å². The van der Waals surface area contributed by atoms with Crippen molar-refractivity contribution in [2.24, 2.45) is 23.7 Å². The number of rotatable bonds is 17. The zero-order valence-corrected chi connectivity index (χ0v) is 37.5. The molecule has 6 atom stereocenters. The van der Waals surface area contributed by atoms with Crippen molar-refractivity contribution in [1.82, 2.24) is 25.2 Å². The SMILES string of the molecule is CCCc1cc2cc(-c3ccc(-c4cnc(C5=CCCN5C(=O)C(NC(=O)OC)C(C)C)[nH]4)s3)sc2cc1NC(C)[C@@H]1CCCC(C(O)C(C(C)C)N([O-])COC)CC1. The Morgan fingerprint density at radius 3 is 2.47 bits per heavy atom. The first kappa shape index (κ1) is 44.8. The van der Waals surface area contributed by atoms with E-state index in [-0.39, 0.29) is 36.4 Å². The van der Waals surface area contributed by atoms with Gasteiger partial charge in [0.2, 0.25) is 5.91 Å². The van der Waals surface area contributed by atoms with E-state index in [0.717, 1.165) is 60.6 Å². The molecule has 0 spiro atoms. The van der Waals surface area contributed by atoms with Crippen LogP contribution in [0, 0.1) is 28.9 Å². The molecule has 1 aromatic carbocycles. The highest BCUT2D eigenvalue weighted by Crippen LogP contribution is 2.42. The van der Waals surface area contributed by atoms with Crippen LogP contribution in [-0.2, 0) is 20.7 Å². The Morgan fingerprint density at radius 1 is 1.02 bits per heavy atom. The Balaban J connectivity index is 1.14. The van der Waals surface area contributed by atoms with E-state index in [4.69, 9.17) is 9.47 Å². The summed E-state index contributed by atoms with van der Waals surface area (Å²) in [5, 5.41) is 33.0. The number of aliphatic hydroxyl groups excluding tert-OH is 1. The van der Waals surface area contributed by atoms with E-state index in [2.05, 4.69) is 64.8 Å². The Labute approximate surface area is 357 Å². The lowest BCUT2D eigenvalue weighted by atomic mass is 9.84. The molecular formula is C45H63N6O6S2-. The summed E-state index contributed by atoms with van der Waals surface area (Å²) in [7, 11) is 2.81. The normalized spacial score (nSPS) is 19.5. The molecule has 1 fully saturated rings. The van der Waals surface area contributed by atoms with Crippen LogP contribution in [0.5, 0.6) is 0 Å². The molecule has 12 nitrogen and oxygen atoms in total. The predicted octanol–water partition coefficient (Wildman–Crippen LogP) is 9.71. The highest BCUT2D eigenvalue weighted by atomic mass is 32.1. The summed E-state index contributed by atoms with van der Waals surface area (Å²) < 4.78 is 11.1. The molecular weight excluding hydrogens is 785 g/mol. The quantitative estimate of drug-likeness (QED) is 0.0462. The second-order valence-corrected chi connectivity index (χ2v) is 19.1. The van der Waals surface area contributed by atoms with Gasteiger partial charge in [-0.2, -0.15) is 0 Å². The van der Waals surface area contributed by atoms with Crippen LogP contribution in [0.15, 0.2) is 42.6 Å². The van der Waals surface area contributed by atoms with Crippen LogP contribution in [0.25, 0.3) is 36.1 Å². The van der Waals surface area contributed by atoms with Gasteiger partial charge in [0.05, 0.1) is 42.4 Å². The number of imidazole rings is 1. The molecule has 6 rings (SSSR count). The van der Waals surface area contributed by atoms with Gasteiger partial charge in [-0.05, 0) is 110 Å². The third kappa shape index (κ3) is 10.4. The van der Waals surface area contributed by atoms with Crippen molar-refractivity contribution in [1.29, 1.82) is 0 Å². The number of alkyl carbamates (subject to hydrolysis) is 1. The lowest BCUT2D eigenvalue weighted by Gasteiger charge is -2.44. The van der Waals surface area contributed by atoms with E-state index in [1.807, 2.05) is 40.0 Å². The number of carbonyl (C=O) groups is 2. The number of benzene rings is 1. The van der Waals surface area contributed by atoms with E-state index in [1.165, 1.54) is 45.3 Å². The molecule has 3 aromatic heterocycles. The molecule has 2 amide bonds. The summed E-state index contributed by atoms with van der Waals surface area (Å²) in [5.74, 6) is 0.914. The smallest absolute Gasteiger partial charge is 0.407 e. The number of aliphatic hydroxyl groups is 1. The number of aromatic nitrogens is 2. The zero-order chi connectivity index (χ0) is 42.4. The maximum Gasteiger partial charge on any atom is 0.407 e. The van der Waals surface area contributed by atoms with Crippen molar-refractivity contribution in [2.45, 2.75) is 117 Å². The van der Waals surface area contributed by atoms with Gasteiger partial charge in [0.15, 0.2) is 5.82 Å². The van der Waals surface area contributed by atoms with E-state index in [1.54, 1.807) is 27.6 Å². The Morgan fingerprint density at radius 2 is 1.76 bits per heavy atom. The number of thiophene rings is 2. The average Bonchev–Trinajstić information content (AvgIpc) is 4.02. The summed E-state index contributed by atoms with van der Waals surface area (Å²) in [6, 6.07) is 10.4. The molecule has 1 aliphatic carbocycles. The molecule has 0 saturated heterocycles. The Kier molecular flexibility index (Phi) is 15.3. The van der Waals surface area contributed by atoms with Crippen LogP contribution in [0.2, 0.25) is 0 Å². The fraction of sp³-hybridized carbons (Fsp3) is 0.578. The number of hydroxylamine groups is 2. The standard InChI is InChI=1S/C45H63N6O6S2/c1-9-12-31-21-32-22-39(59-38(32)23-33(31)47-28(6)29-13-10-14-30(17-16-29)42(52)41(27(4)5)51(55)25-56-7)37-19-18-36(58-37)34-24-46-43(48-34)35-15-11-20-50(35)44(53)40(26(2)3)49-45(54)57-8/h15,18-19,21-24,26-30,40-42,47,52H,9-14,16-17,20,25H2,1-8H3,(H,46,48)(H,49,54)/q-1/t28?,29-,30?,40?,41?,42?/m1/s1. The number of aryl methyl sites for hydroxylation is 1. The maximum absolute atomic E-state index is 13.6.